The fraction of sp³-hybridized carbons (Fsp3) is 0.480. The second kappa shape index (κ2) is 13.6. The van der Waals surface area contributed by atoms with Gasteiger partial charge in [0.15, 0.2) is 0 Å². The highest BCUT2D eigenvalue weighted by atomic mass is 32.2. The number of nitrogens with zero attached hydrogens (tertiary/aromatic N) is 3. The summed E-state index contributed by atoms with van der Waals surface area (Å²) < 4.78 is 49.5. The summed E-state index contributed by atoms with van der Waals surface area (Å²) in [5.41, 5.74) is 1.89. The van der Waals surface area contributed by atoms with Gasteiger partial charge in [-0.2, -0.15) is 0 Å². The minimum atomic E-state index is -3.66. The minimum Gasteiger partial charge on any atom is -0.481 e. The van der Waals surface area contributed by atoms with Gasteiger partial charge in [0.1, 0.15) is 12.6 Å². The molecule has 204 valence electrons. The molecule has 0 spiro atoms. The molecule has 0 bridgehead atoms. The van der Waals surface area contributed by atoms with Crippen LogP contribution in [0.2, 0.25) is 0 Å². The van der Waals surface area contributed by atoms with E-state index in [1.165, 1.54) is 37.4 Å². The molecule has 0 aliphatic heterocycles. The van der Waals surface area contributed by atoms with Crippen molar-refractivity contribution in [3.63, 3.8) is 0 Å². The largest absolute Gasteiger partial charge is 0.481 e. The molecule has 1 heterocycles. The molecule has 0 radical (unpaired) electrons. The number of aliphatic hydroxyl groups excluding tert-OH is 1. The van der Waals surface area contributed by atoms with Crippen LogP contribution in [0.3, 0.4) is 0 Å². The smallest absolute Gasteiger partial charge is 0.305 e. The van der Waals surface area contributed by atoms with Crippen LogP contribution in [-0.2, 0) is 24.3 Å². The van der Waals surface area contributed by atoms with E-state index in [2.05, 4.69) is 9.97 Å². The average Bonchev–Trinajstić information content (AvgIpc) is 2.81. The minimum absolute atomic E-state index is 0.00543. The van der Waals surface area contributed by atoms with E-state index in [-0.39, 0.29) is 31.5 Å². The van der Waals surface area contributed by atoms with Gasteiger partial charge in [-0.05, 0) is 37.1 Å². The van der Waals surface area contributed by atoms with Gasteiger partial charge in [-0.15, -0.1) is 0 Å². The van der Waals surface area contributed by atoms with Crippen LogP contribution in [0.1, 0.15) is 50.8 Å². The summed E-state index contributed by atoms with van der Waals surface area (Å²) in [5.74, 6) is -1.73. The number of halogens is 1. The third-order valence-corrected chi connectivity index (χ3v) is 6.55. The van der Waals surface area contributed by atoms with E-state index in [9.17, 15) is 22.7 Å². The quantitative estimate of drug-likeness (QED) is 0.273. The monoisotopic (exact) mass is 539 g/mol. The Kier molecular flexibility index (Phi) is 11.1. The maximum atomic E-state index is 13.6. The highest BCUT2D eigenvalue weighted by Gasteiger charge is 2.23. The molecule has 0 fully saturated rings. The van der Waals surface area contributed by atoms with Gasteiger partial charge in [0.25, 0.3) is 0 Å². The van der Waals surface area contributed by atoms with Crippen LogP contribution < -0.4 is 4.31 Å². The first-order valence-corrected chi connectivity index (χ1v) is 13.6. The van der Waals surface area contributed by atoms with Crippen LogP contribution in [-0.4, -0.2) is 73.5 Å². The fourth-order valence-corrected chi connectivity index (χ4v) is 3.76. The molecule has 0 aliphatic carbocycles. The number of carbonyl (C=O) groups is 1. The van der Waals surface area contributed by atoms with Gasteiger partial charge in [-0.1, -0.05) is 26.0 Å². The number of hydrogen-bond donors (Lipinski definition) is 2. The van der Waals surface area contributed by atoms with E-state index in [1.807, 2.05) is 13.8 Å². The van der Waals surface area contributed by atoms with E-state index in [0.717, 1.165) is 10.6 Å². The number of carboxylic acid groups (broad SMARTS) is 1. The molecule has 0 saturated carbocycles. The maximum absolute atomic E-state index is 13.6. The Morgan fingerprint density at radius 3 is 2.41 bits per heavy atom. The molecule has 0 aliphatic rings. The molecule has 1 aromatic heterocycles. The second-order valence-electron chi connectivity index (χ2n) is 8.72. The van der Waals surface area contributed by atoms with E-state index in [0.29, 0.717) is 29.1 Å². The SMILES string of the molecule is CCOCO[C@@H](CC(=O)O)C[C@H](O)/C=C/c1c(-c2ccc(F)cc2)nc(N(C)S(C)(=O)=O)nc1C(C)C. The molecule has 0 amide bonds. The van der Waals surface area contributed by atoms with Gasteiger partial charge >= 0.3 is 5.97 Å². The lowest BCUT2D eigenvalue weighted by atomic mass is 9.97. The van der Waals surface area contributed by atoms with E-state index < -0.39 is 34.0 Å². The van der Waals surface area contributed by atoms with Gasteiger partial charge in [-0.3, -0.25) is 4.79 Å². The molecular weight excluding hydrogens is 505 g/mol. The maximum Gasteiger partial charge on any atom is 0.305 e. The number of aliphatic carboxylic acids is 1. The standard InChI is InChI=1S/C25H34FN3O7S/c1-6-35-15-36-20(14-22(31)32)13-19(30)11-12-21-23(16(2)3)27-25(29(4)37(5,33)34)28-24(21)17-7-9-18(26)10-8-17/h7-12,16,19-20,30H,6,13-15H2,1-5H3,(H,31,32)/b12-11+/t19-,20-/m1/s1. The van der Waals surface area contributed by atoms with Crippen LogP contribution in [0, 0.1) is 5.82 Å². The van der Waals surface area contributed by atoms with Crippen molar-refractivity contribution in [3.8, 4) is 11.3 Å². The normalized spacial score (nSPS) is 13.7. The third-order valence-electron chi connectivity index (χ3n) is 5.39. The first-order chi connectivity index (χ1) is 17.3. The molecule has 0 saturated heterocycles. The van der Waals surface area contributed by atoms with Crippen molar-refractivity contribution < 1.29 is 37.3 Å². The number of aliphatic hydroxyl groups is 1. The summed E-state index contributed by atoms with van der Waals surface area (Å²) in [6.07, 6.45) is 1.92. The van der Waals surface area contributed by atoms with Gasteiger partial charge < -0.3 is 19.7 Å². The van der Waals surface area contributed by atoms with Crippen molar-refractivity contribution in [3.05, 3.63) is 47.4 Å². The van der Waals surface area contributed by atoms with Crippen molar-refractivity contribution >= 4 is 28.0 Å². The topological polar surface area (TPSA) is 139 Å². The van der Waals surface area contributed by atoms with E-state index >= 15 is 0 Å². The number of ether oxygens (including phenoxy) is 2. The van der Waals surface area contributed by atoms with Crippen molar-refractivity contribution in [2.24, 2.45) is 0 Å². The molecule has 2 aromatic rings. The highest BCUT2D eigenvalue weighted by molar-refractivity contribution is 7.92. The number of hydrogen-bond acceptors (Lipinski definition) is 8. The zero-order valence-electron chi connectivity index (χ0n) is 21.6. The zero-order valence-corrected chi connectivity index (χ0v) is 22.4. The Bertz CT molecular complexity index is 1190. The summed E-state index contributed by atoms with van der Waals surface area (Å²) in [4.78, 5) is 20.1. The number of anilines is 1. The summed E-state index contributed by atoms with van der Waals surface area (Å²) in [6, 6.07) is 5.57. The van der Waals surface area contributed by atoms with Crippen LogP contribution in [0.25, 0.3) is 17.3 Å². The Balaban J connectivity index is 2.52. The number of benzene rings is 1. The molecule has 12 heteroatoms. The molecule has 0 unspecified atom stereocenters. The van der Waals surface area contributed by atoms with Crippen molar-refractivity contribution in [1.29, 1.82) is 0 Å². The summed E-state index contributed by atoms with van der Waals surface area (Å²) in [7, 11) is -2.32. The summed E-state index contributed by atoms with van der Waals surface area (Å²) in [6.45, 7) is 5.83. The van der Waals surface area contributed by atoms with E-state index in [1.54, 1.807) is 13.0 Å². The van der Waals surface area contributed by atoms with Crippen LogP contribution in [0.4, 0.5) is 10.3 Å². The van der Waals surface area contributed by atoms with Crippen LogP contribution in [0.5, 0.6) is 0 Å². The molecule has 10 nitrogen and oxygen atoms in total. The number of sulfonamides is 1. The van der Waals surface area contributed by atoms with Gasteiger partial charge in [-0.25, -0.2) is 27.1 Å². The Labute approximate surface area is 216 Å². The number of rotatable bonds is 14. The van der Waals surface area contributed by atoms with Gasteiger partial charge in [0.05, 0.1) is 36.3 Å². The van der Waals surface area contributed by atoms with Crippen LogP contribution >= 0.6 is 0 Å². The molecule has 37 heavy (non-hydrogen) atoms. The summed E-state index contributed by atoms with van der Waals surface area (Å²) >= 11 is 0. The Hall–Kier alpha value is -2.93. The predicted octanol–water partition coefficient (Wildman–Crippen LogP) is 3.42. The van der Waals surface area contributed by atoms with Crippen molar-refractivity contribution in [2.45, 2.75) is 51.7 Å². The van der Waals surface area contributed by atoms with Crippen molar-refractivity contribution in [1.82, 2.24) is 9.97 Å². The molecular formula is C25H34FN3O7S. The predicted molar refractivity (Wildman–Crippen MR) is 138 cm³/mol. The van der Waals surface area contributed by atoms with Crippen molar-refractivity contribution in [2.75, 3.05) is 31.0 Å². The first-order valence-electron chi connectivity index (χ1n) is 11.7. The summed E-state index contributed by atoms with van der Waals surface area (Å²) in [5, 5.41) is 19.8. The lowest BCUT2D eigenvalue weighted by molar-refractivity contribution is -0.145. The zero-order chi connectivity index (χ0) is 27.8. The lowest BCUT2D eigenvalue weighted by Crippen LogP contribution is -2.27. The average molecular weight is 540 g/mol. The van der Waals surface area contributed by atoms with Gasteiger partial charge in [0, 0.05) is 31.2 Å². The molecule has 1 aromatic carbocycles. The third kappa shape index (κ3) is 9.15. The van der Waals surface area contributed by atoms with Gasteiger partial charge in [0.2, 0.25) is 16.0 Å². The Morgan fingerprint density at radius 2 is 1.86 bits per heavy atom. The second-order valence-corrected chi connectivity index (χ2v) is 10.7. The van der Waals surface area contributed by atoms with E-state index in [4.69, 9.17) is 14.6 Å². The molecule has 2 rings (SSSR count). The number of aromatic nitrogens is 2. The molecule has 2 N–H and O–H groups in total. The lowest BCUT2D eigenvalue weighted by Gasteiger charge is -2.21. The van der Waals surface area contributed by atoms with Crippen LogP contribution in [0.15, 0.2) is 30.3 Å². The Morgan fingerprint density at radius 1 is 1.22 bits per heavy atom. The highest BCUT2D eigenvalue weighted by Crippen LogP contribution is 2.31. The number of carboxylic acids is 1. The molecule has 2 atom stereocenters. The fourth-order valence-electron chi connectivity index (χ4n) is 3.38. The first kappa shape index (κ1) is 30.3.